The number of rotatable bonds is 2. The lowest BCUT2D eigenvalue weighted by molar-refractivity contribution is 0.0408. The van der Waals surface area contributed by atoms with Gasteiger partial charge in [0.25, 0.3) is 0 Å². The molecule has 1 aliphatic heterocycles. The normalized spacial score (nSPS) is 29.4. The molecule has 2 N–H and O–H groups in total. The van der Waals surface area contributed by atoms with Crippen LogP contribution in [0.5, 0.6) is 0 Å². The summed E-state index contributed by atoms with van der Waals surface area (Å²) in [4.78, 5) is 1.12. The Balaban J connectivity index is 2.05. The van der Waals surface area contributed by atoms with Gasteiger partial charge in [-0.05, 0) is 31.9 Å². The molecule has 0 aliphatic carbocycles. The lowest BCUT2D eigenvalue weighted by Crippen LogP contribution is -2.25. The van der Waals surface area contributed by atoms with Gasteiger partial charge in [0.05, 0.1) is 22.6 Å². The van der Waals surface area contributed by atoms with E-state index in [0.29, 0.717) is 6.10 Å². The van der Waals surface area contributed by atoms with Gasteiger partial charge in [0.15, 0.2) is 0 Å². The van der Waals surface area contributed by atoms with Crippen LogP contribution in [0, 0.1) is 0 Å². The van der Waals surface area contributed by atoms with Gasteiger partial charge in [-0.2, -0.15) is 0 Å². The average Bonchev–Trinajstić information content (AvgIpc) is 2.73. The molecule has 0 radical (unpaired) electrons. The molecule has 14 heavy (non-hydrogen) atoms. The van der Waals surface area contributed by atoms with E-state index < -0.39 is 0 Å². The molecule has 1 aromatic rings. The van der Waals surface area contributed by atoms with Crippen LogP contribution in [0.1, 0.15) is 30.7 Å². The van der Waals surface area contributed by atoms with Gasteiger partial charge in [-0.1, -0.05) is 11.6 Å². The van der Waals surface area contributed by atoms with E-state index in [1.54, 1.807) is 11.3 Å². The van der Waals surface area contributed by atoms with Gasteiger partial charge in [-0.3, -0.25) is 0 Å². The minimum atomic E-state index is -0.0163. The van der Waals surface area contributed by atoms with Crippen LogP contribution in [0.15, 0.2) is 12.1 Å². The fourth-order valence-corrected chi connectivity index (χ4v) is 2.90. The highest BCUT2D eigenvalue weighted by molar-refractivity contribution is 7.16. The summed E-state index contributed by atoms with van der Waals surface area (Å²) >= 11 is 7.41. The van der Waals surface area contributed by atoms with E-state index in [0.717, 1.165) is 22.1 Å². The maximum absolute atomic E-state index is 6.10. The highest BCUT2D eigenvalue weighted by Gasteiger charge is 2.28. The van der Waals surface area contributed by atoms with Crippen LogP contribution in [-0.4, -0.2) is 12.2 Å². The van der Waals surface area contributed by atoms with Crippen LogP contribution < -0.4 is 5.73 Å². The molecule has 0 spiro atoms. The molecule has 2 rings (SSSR count). The van der Waals surface area contributed by atoms with Gasteiger partial charge in [-0.15, -0.1) is 11.3 Å². The summed E-state index contributed by atoms with van der Waals surface area (Å²) in [6.07, 6.45) is 2.68. The number of nitrogens with two attached hydrogens (primary N) is 1. The van der Waals surface area contributed by atoms with Gasteiger partial charge in [0.2, 0.25) is 0 Å². The average molecular weight is 232 g/mol. The van der Waals surface area contributed by atoms with Crippen molar-refractivity contribution in [3.05, 3.63) is 21.3 Å². The van der Waals surface area contributed by atoms with Crippen LogP contribution in [0.3, 0.4) is 0 Å². The first-order valence-corrected chi connectivity index (χ1v) is 6.02. The van der Waals surface area contributed by atoms with Crippen molar-refractivity contribution in [3.8, 4) is 0 Å². The Bertz CT molecular complexity index is 315. The van der Waals surface area contributed by atoms with E-state index in [4.69, 9.17) is 22.1 Å². The molecule has 0 aromatic carbocycles. The summed E-state index contributed by atoms with van der Waals surface area (Å²) in [5.74, 6) is 0. The fourth-order valence-electron chi connectivity index (χ4n) is 1.79. The van der Waals surface area contributed by atoms with Crippen LogP contribution in [-0.2, 0) is 4.74 Å². The first kappa shape index (κ1) is 10.4. The van der Waals surface area contributed by atoms with Crippen molar-refractivity contribution < 1.29 is 4.74 Å². The Hall–Kier alpha value is -0.0900. The minimum absolute atomic E-state index is 0.0163. The van der Waals surface area contributed by atoms with E-state index in [1.807, 2.05) is 12.1 Å². The monoisotopic (exact) mass is 231 g/mol. The zero-order valence-corrected chi connectivity index (χ0v) is 9.65. The molecule has 3 atom stereocenters. The molecule has 1 aromatic heterocycles. The molecular weight excluding hydrogens is 218 g/mol. The predicted octanol–water partition coefficient (Wildman–Crippen LogP) is 2.97. The number of halogens is 1. The second-order valence-corrected chi connectivity index (χ2v) is 5.48. The van der Waals surface area contributed by atoms with Crippen molar-refractivity contribution in [1.82, 2.24) is 0 Å². The van der Waals surface area contributed by atoms with Gasteiger partial charge >= 0.3 is 0 Å². The van der Waals surface area contributed by atoms with Crippen LogP contribution in [0.2, 0.25) is 4.34 Å². The summed E-state index contributed by atoms with van der Waals surface area (Å²) in [6.45, 7) is 2.09. The molecule has 78 valence electrons. The van der Waals surface area contributed by atoms with Crippen LogP contribution in [0.25, 0.3) is 0 Å². The van der Waals surface area contributed by atoms with Crippen molar-refractivity contribution in [2.75, 3.05) is 0 Å². The molecule has 0 bridgehead atoms. The standard InChI is InChI=1S/C10H14ClNOS/c1-6-2-3-7(13-6)10(12)8-4-5-9(11)14-8/h4-7,10H,2-3,12H2,1H3. The topological polar surface area (TPSA) is 35.2 Å². The number of thiophene rings is 1. The van der Waals surface area contributed by atoms with Crippen molar-refractivity contribution >= 4 is 22.9 Å². The highest BCUT2D eigenvalue weighted by Crippen LogP contribution is 2.33. The maximum atomic E-state index is 6.10. The number of hydrogen-bond donors (Lipinski definition) is 1. The minimum Gasteiger partial charge on any atom is -0.373 e. The zero-order valence-electron chi connectivity index (χ0n) is 8.07. The van der Waals surface area contributed by atoms with Crippen molar-refractivity contribution in [3.63, 3.8) is 0 Å². The van der Waals surface area contributed by atoms with Gasteiger partial charge in [0, 0.05) is 4.88 Å². The predicted molar refractivity (Wildman–Crippen MR) is 59.8 cm³/mol. The Morgan fingerprint density at radius 2 is 2.36 bits per heavy atom. The van der Waals surface area contributed by atoms with Crippen molar-refractivity contribution in [2.24, 2.45) is 5.73 Å². The first-order valence-electron chi connectivity index (χ1n) is 4.83. The quantitative estimate of drug-likeness (QED) is 0.850. The molecule has 1 saturated heterocycles. The molecule has 1 fully saturated rings. The van der Waals surface area contributed by atoms with Gasteiger partial charge in [0.1, 0.15) is 0 Å². The molecule has 3 unspecified atom stereocenters. The molecule has 2 nitrogen and oxygen atoms in total. The molecule has 2 heterocycles. The summed E-state index contributed by atoms with van der Waals surface area (Å²) < 4.78 is 6.52. The molecule has 0 saturated carbocycles. The molecule has 1 aliphatic rings. The lowest BCUT2D eigenvalue weighted by atomic mass is 10.1. The SMILES string of the molecule is CC1CCC(C(N)c2ccc(Cl)s2)O1. The maximum Gasteiger partial charge on any atom is 0.0931 e. The van der Waals surface area contributed by atoms with E-state index in [9.17, 15) is 0 Å². The summed E-state index contributed by atoms with van der Waals surface area (Å²) in [7, 11) is 0. The second kappa shape index (κ2) is 4.19. The summed E-state index contributed by atoms with van der Waals surface area (Å²) in [6, 6.07) is 3.86. The third kappa shape index (κ3) is 2.11. The van der Waals surface area contributed by atoms with E-state index >= 15 is 0 Å². The van der Waals surface area contributed by atoms with Crippen LogP contribution in [0.4, 0.5) is 0 Å². The van der Waals surface area contributed by atoms with E-state index in [1.165, 1.54) is 0 Å². The Kier molecular flexibility index (Phi) is 3.12. The lowest BCUT2D eigenvalue weighted by Gasteiger charge is -2.17. The molecular formula is C10H14ClNOS. The zero-order chi connectivity index (χ0) is 10.1. The summed E-state index contributed by atoms with van der Waals surface area (Å²) in [5.41, 5.74) is 6.10. The molecule has 0 amide bonds. The van der Waals surface area contributed by atoms with Crippen LogP contribution >= 0.6 is 22.9 Å². The summed E-state index contributed by atoms with van der Waals surface area (Å²) in [5, 5.41) is 0. The first-order chi connectivity index (χ1) is 6.66. The Morgan fingerprint density at radius 1 is 1.57 bits per heavy atom. The smallest absolute Gasteiger partial charge is 0.0931 e. The van der Waals surface area contributed by atoms with Gasteiger partial charge < -0.3 is 10.5 Å². The Morgan fingerprint density at radius 3 is 2.86 bits per heavy atom. The third-order valence-corrected chi connectivity index (χ3v) is 3.92. The second-order valence-electron chi connectivity index (χ2n) is 3.73. The van der Waals surface area contributed by atoms with E-state index in [-0.39, 0.29) is 12.1 Å². The van der Waals surface area contributed by atoms with Crippen molar-refractivity contribution in [2.45, 2.75) is 38.0 Å². The van der Waals surface area contributed by atoms with Crippen molar-refractivity contribution in [1.29, 1.82) is 0 Å². The number of ether oxygens (including phenoxy) is 1. The largest absolute Gasteiger partial charge is 0.373 e. The van der Waals surface area contributed by atoms with Gasteiger partial charge in [-0.25, -0.2) is 0 Å². The third-order valence-electron chi connectivity index (χ3n) is 2.59. The number of hydrogen-bond acceptors (Lipinski definition) is 3. The molecule has 4 heteroatoms. The highest BCUT2D eigenvalue weighted by atomic mass is 35.5. The Labute approximate surface area is 93.0 Å². The fraction of sp³-hybridized carbons (Fsp3) is 0.600. The van der Waals surface area contributed by atoms with E-state index in [2.05, 4.69) is 6.92 Å².